The molecule has 118 valence electrons. The molecule has 0 radical (unpaired) electrons. The Bertz CT molecular complexity index is 580. The lowest BCUT2D eigenvalue weighted by atomic mass is 10.0. The number of hydrogen-bond acceptors (Lipinski definition) is 5. The summed E-state index contributed by atoms with van der Waals surface area (Å²) in [6.45, 7) is 1.29. The van der Waals surface area contributed by atoms with Gasteiger partial charge in [-0.25, -0.2) is 12.8 Å². The summed E-state index contributed by atoms with van der Waals surface area (Å²) >= 11 is 1.65. The molecule has 1 heterocycles. The smallest absolute Gasteiger partial charge is 0.164 e. The van der Waals surface area contributed by atoms with Crippen molar-refractivity contribution >= 4 is 21.6 Å². The standard InChI is InChI=1S/C14H21FN2O2S2/c1-21(18,19)14-10-20-9-8-17(14)7-6-13(16)11-4-2-3-5-12(11)15/h2-5,13-14H,6-10,16H2,1H3. The molecule has 2 unspecified atom stereocenters. The molecule has 0 spiro atoms. The lowest BCUT2D eigenvalue weighted by molar-refractivity contribution is 0.259. The first-order valence-electron chi connectivity index (χ1n) is 6.90. The van der Waals surface area contributed by atoms with Crippen LogP contribution in [0.25, 0.3) is 0 Å². The molecule has 7 heteroatoms. The highest BCUT2D eigenvalue weighted by molar-refractivity contribution is 8.00. The van der Waals surface area contributed by atoms with Crippen molar-refractivity contribution in [3.05, 3.63) is 35.6 Å². The van der Waals surface area contributed by atoms with E-state index in [2.05, 4.69) is 0 Å². The minimum atomic E-state index is -3.11. The molecular formula is C14H21FN2O2S2. The molecule has 2 N–H and O–H groups in total. The SMILES string of the molecule is CS(=O)(=O)C1CSCCN1CCC(N)c1ccccc1F. The molecule has 0 aliphatic carbocycles. The molecule has 0 aromatic heterocycles. The summed E-state index contributed by atoms with van der Waals surface area (Å²) in [4.78, 5) is 1.95. The Labute approximate surface area is 129 Å². The first kappa shape index (κ1) is 16.7. The van der Waals surface area contributed by atoms with Crippen molar-refractivity contribution in [2.24, 2.45) is 5.73 Å². The van der Waals surface area contributed by atoms with Gasteiger partial charge in [0.2, 0.25) is 0 Å². The van der Waals surface area contributed by atoms with Gasteiger partial charge < -0.3 is 5.73 Å². The molecule has 0 bridgehead atoms. The maximum atomic E-state index is 13.7. The lowest BCUT2D eigenvalue weighted by Gasteiger charge is -2.34. The largest absolute Gasteiger partial charge is 0.324 e. The topological polar surface area (TPSA) is 63.4 Å². The van der Waals surface area contributed by atoms with E-state index in [0.717, 1.165) is 12.3 Å². The molecule has 0 saturated carbocycles. The van der Waals surface area contributed by atoms with Crippen LogP contribution in [-0.4, -0.2) is 49.5 Å². The quantitative estimate of drug-likeness (QED) is 0.888. The van der Waals surface area contributed by atoms with Crippen LogP contribution < -0.4 is 5.73 Å². The van der Waals surface area contributed by atoms with Gasteiger partial charge >= 0.3 is 0 Å². The Hall–Kier alpha value is -0.630. The molecule has 1 aromatic rings. The highest BCUT2D eigenvalue weighted by Gasteiger charge is 2.30. The number of nitrogens with zero attached hydrogens (tertiary/aromatic N) is 1. The highest BCUT2D eigenvalue weighted by Crippen LogP contribution is 2.23. The zero-order valence-electron chi connectivity index (χ0n) is 12.0. The zero-order valence-corrected chi connectivity index (χ0v) is 13.7. The number of hydrogen-bond donors (Lipinski definition) is 1. The van der Waals surface area contributed by atoms with E-state index in [1.54, 1.807) is 30.0 Å². The van der Waals surface area contributed by atoms with Gasteiger partial charge in [0.15, 0.2) is 9.84 Å². The van der Waals surface area contributed by atoms with Gasteiger partial charge in [0, 0.05) is 42.5 Å². The average Bonchev–Trinajstić information content (AvgIpc) is 2.44. The third-order valence-corrected chi connectivity index (χ3v) is 6.40. The highest BCUT2D eigenvalue weighted by atomic mass is 32.2. The van der Waals surface area contributed by atoms with E-state index in [1.165, 1.54) is 12.3 Å². The van der Waals surface area contributed by atoms with Gasteiger partial charge in [0.05, 0.1) is 0 Å². The van der Waals surface area contributed by atoms with Crippen LogP contribution in [0, 0.1) is 5.82 Å². The van der Waals surface area contributed by atoms with E-state index in [1.807, 2.05) is 4.90 Å². The first-order valence-corrected chi connectivity index (χ1v) is 10.0. The summed E-state index contributed by atoms with van der Waals surface area (Å²) in [6.07, 6.45) is 1.81. The molecule has 1 aromatic carbocycles. The Morgan fingerprint density at radius 2 is 2.19 bits per heavy atom. The van der Waals surface area contributed by atoms with E-state index in [9.17, 15) is 12.8 Å². The maximum Gasteiger partial charge on any atom is 0.164 e. The van der Waals surface area contributed by atoms with Crippen LogP contribution in [0.4, 0.5) is 4.39 Å². The number of benzene rings is 1. The predicted molar refractivity (Wildman–Crippen MR) is 85.5 cm³/mol. The summed E-state index contributed by atoms with van der Waals surface area (Å²) in [5.41, 5.74) is 6.53. The molecule has 1 fully saturated rings. The summed E-state index contributed by atoms with van der Waals surface area (Å²) in [7, 11) is -3.11. The molecule has 1 aliphatic heterocycles. The fourth-order valence-electron chi connectivity index (χ4n) is 2.50. The Morgan fingerprint density at radius 3 is 2.86 bits per heavy atom. The van der Waals surface area contributed by atoms with E-state index in [0.29, 0.717) is 24.3 Å². The predicted octanol–water partition coefficient (Wildman–Crippen LogP) is 1.64. The molecule has 2 rings (SSSR count). The van der Waals surface area contributed by atoms with Crippen molar-refractivity contribution in [2.75, 3.05) is 30.9 Å². The number of halogens is 1. The fraction of sp³-hybridized carbons (Fsp3) is 0.571. The van der Waals surface area contributed by atoms with Crippen molar-refractivity contribution in [1.29, 1.82) is 0 Å². The molecule has 4 nitrogen and oxygen atoms in total. The van der Waals surface area contributed by atoms with Gasteiger partial charge in [-0.2, -0.15) is 11.8 Å². The van der Waals surface area contributed by atoms with Crippen LogP contribution in [0.15, 0.2) is 24.3 Å². The van der Waals surface area contributed by atoms with Crippen molar-refractivity contribution in [3.63, 3.8) is 0 Å². The van der Waals surface area contributed by atoms with Gasteiger partial charge in [-0.1, -0.05) is 18.2 Å². The van der Waals surface area contributed by atoms with E-state index < -0.39 is 21.3 Å². The second-order valence-electron chi connectivity index (χ2n) is 5.31. The number of sulfone groups is 1. The van der Waals surface area contributed by atoms with Crippen molar-refractivity contribution in [2.45, 2.75) is 17.8 Å². The van der Waals surface area contributed by atoms with Gasteiger partial charge in [0.1, 0.15) is 11.2 Å². The third kappa shape index (κ3) is 4.42. The number of rotatable bonds is 5. The first-order chi connectivity index (χ1) is 9.89. The number of nitrogens with two attached hydrogens (primary N) is 1. The van der Waals surface area contributed by atoms with Crippen molar-refractivity contribution < 1.29 is 12.8 Å². The molecule has 1 saturated heterocycles. The van der Waals surface area contributed by atoms with Crippen LogP contribution in [0.5, 0.6) is 0 Å². The van der Waals surface area contributed by atoms with E-state index >= 15 is 0 Å². The minimum Gasteiger partial charge on any atom is -0.324 e. The van der Waals surface area contributed by atoms with E-state index in [-0.39, 0.29) is 5.82 Å². The van der Waals surface area contributed by atoms with Crippen LogP contribution in [-0.2, 0) is 9.84 Å². The van der Waals surface area contributed by atoms with Crippen LogP contribution in [0.2, 0.25) is 0 Å². The molecule has 1 aliphatic rings. The lowest BCUT2D eigenvalue weighted by Crippen LogP contribution is -2.47. The van der Waals surface area contributed by atoms with Crippen LogP contribution >= 0.6 is 11.8 Å². The maximum absolute atomic E-state index is 13.7. The second kappa shape index (κ2) is 7.09. The van der Waals surface area contributed by atoms with Gasteiger partial charge in [-0.05, 0) is 12.5 Å². The summed E-state index contributed by atoms with van der Waals surface area (Å²) in [5, 5.41) is -0.455. The van der Waals surface area contributed by atoms with Crippen LogP contribution in [0.1, 0.15) is 18.0 Å². The van der Waals surface area contributed by atoms with Gasteiger partial charge in [-0.15, -0.1) is 0 Å². The normalized spacial score (nSPS) is 22.1. The summed E-state index contributed by atoms with van der Waals surface area (Å²) < 4.78 is 37.3. The zero-order chi connectivity index (χ0) is 15.5. The third-order valence-electron chi connectivity index (χ3n) is 3.72. The van der Waals surface area contributed by atoms with Gasteiger partial charge in [0.25, 0.3) is 0 Å². The monoisotopic (exact) mass is 332 g/mol. The minimum absolute atomic E-state index is 0.307. The Kier molecular flexibility index (Phi) is 5.65. The summed E-state index contributed by atoms with van der Waals surface area (Å²) in [6, 6.07) is 6.05. The average molecular weight is 332 g/mol. The second-order valence-corrected chi connectivity index (χ2v) is 8.66. The fourth-order valence-corrected chi connectivity index (χ4v) is 5.47. The van der Waals surface area contributed by atoms with Crippen LogP contribution in [0.3, 0.4) is 0 Å². The molecule has 0 amide bonds. The number of thioether (sulfide) groups is 1. The molecule has 2 atom stereocenters. The van der Waals surface area contributed by atoms with Gasteiger partial charge in [-0.3, -0.25) is 4.90 Å². The summed E-state index contributed by atoms with van der Waals surface area (Å²) in [5.74, 6) is 1.20. The van der Waals surface area contributed by atoms with Crippen molar-refractivity contribution in [3.8, 4) is 0 Å². The Balaban J connectivity index is 1.99. The van der Waals surface area contributed by atoms with Crippen molar-refractivity contribution in [1.82, 2.24) is 4.90 Å². The Morgan fingerprint density at radius 1 is 1.48 bits per heavy atom. The van der Waals surface area contributed by atoms with E-state index in [4.69, 9.17) is 5.73 Å². The molecule has 21 heavy (non-hydrogen) atoms. The molecular weight excluding hydrogens is 311 g/mol.